The third-order valence-corrected chi connectivity index (χ3v) is 6.30. The van der Waals surface area contributed by atoms with Gasteiger partial charge in [0.2, 0.25) is 0 Å². The molecule has 1 heteroatoms. The predicted molar refractivity (Wildman–Crippen MR) is 113 cm³/mol. The van der Waals surface area contributed by atoms with Crippen molar-refractivity contribution >= 4 is 17.3 Å². The molecule has 0 amide bonds. The molecule has 0 nitrogen and oxygen atoms in total. The molecule has 0 saturated heterocycles. The Labute approximate surface area is 161 Å². The zero-order chi connectivity index (χ0) is 18.3. The first kappa shape index (κ1) is 17.2. The van der Waals surface area contributed by atoms with Crippen LogP contribution in [0.2, 0.25) is 0 Å². The van der Waals surface area contributed by atoms with Gasteiger partial charge in [-0.3, -0.25) is 0 Å². The van der Waals surface area contributed by atoms with Crippen LogP contribution in [0.3, 0.4) is 0 Å². The summed E-state index contributed by atoms with van der Waals surface area (Å²) >= 11 is 1.87. The summed E-state index contributed by atoms with van der Waals surface area (Å²) in [5.74, 6) is 0. The second kappa shape index (κ2) is 6.48. The fourth-order valence-corrected chi connectivity index (χ4v) is 4.47. The summed E-state index contributed by atoms with van der Waals surface area (Å²) in [5.41, 5.74) is 7.84. The molecule has 1 aliphatic rings. The van der Waals surface area contributed by atoms with Gasteiger partial charge in [0.1, 0.15) is 0 Å². The molecular weight excluding hydrogens is 332 g/mol. The molecule has 26 heavy (non-hydrogen) atoms. The van der Waals surface area contributed by atoms with Crippen molar-refractivity contribution in [3.05, 3.63) is 101 Å². The van der Waals surface area contributed by atoms with E-state index in [9.17, 15) is 0 Å². The Morgan fingerprint density at radius 3 is 2.35 bits per heavy atom. The number of fused-ring (bicyclic) bond motifs is 2. The van der Waals surface area contributed by atoms with E-state index in [-0.39, 0.29) is 5.41 Å². The normalized spacial score (nSPS) is 13.0. The Morgan fingerprint density at radius 2 is 1.54 bits per heavy atom. The number of hydrogen-bond donors (Lipinski definition) is 0. The van der Waals surface area contributed by atoms with Gasteiger partial charge in [0.05, 0.1) is 0 Å². The van der Waals surface area contributed by atoms with Gasteiger partial charge >= 0.3 is 0 Å². The van der Waals surface area contributed by atoms with Crippen LogP contribution in [0.5, 0.6) is 0 Å². The van der Waals surface area contributed by atoms with Crippen LogP contribution >= 0.6 is 11.8 Å². The fourth-order valence-electron chi connectivity index (χ4n) is 3.42. The molecule has 0 N–H and O–H groups in total. The van der Waals surface area contributed by atoms with Crippen molar-refractivity contribution in [2.75, 3.05) is 0 Å². The van der Waals surface area contributed by atoms with E-state index in [2.05, 4.69) is 94.1 Å². The Balaban J connectivity index is 1.67. The molecule has 1 heterocycles. The summed E-state index contributed by atoms with van der Waals surface area (Å²) in [7, 11) is 0. The fraction of sp³-hybridized carbons (Fsp3) is 0.200. The molecule has 0 saturated carbocycles. The average Bonchev–Trinajstić information content (AvgIpc) is 2.64. The maximum Gasteiger partial charge on any atom is 0.0158 e. The zero-order valence-corrected chi connectivity index (χ0v) is 16.5. The van der Waals surface area contributed by atoms with E-state index >= 15 is 0 Å². The first-order chi connectivity index (χ1) is 12.4. The van der Waals surface area contributed by atoms with Gasteiger partial charge in [0.25, 0.3) is 0 Å². The van der Waals surface area contributed by atoms with Crippen LogP contribution in [0.15, 0.2) is 83.1 Å². The molecule has 0 bridgehead atoms. The molecule has 3 aromatic rings. The molecule has 3 aromatic carbocycles. The molecule has 0 radical (unpaired) electrons. The van der Waals surface area contributed by atoms with Crippen LogP contribution in [-0.2, 0) is 11.8 Å². The molecule has 1 aliphatic heterocycles. The van der Waals surface area contributed by atoms with Crippen molar-refractivity contribution in [3.63, 3.8) is 0 Å². The van der Waals surface area contributed by atoms with Crippen molar-refractivity contribution in [1.82, 2.24) is 0 Å². The number of rotatable bonds is 2. The standard InChI is InChI=1S/C25H24S/c1-17(18-9-7-10-22(16-18)25(2,3)4)19-12-13-24-21(14-19)15-20-8-5-6-11-23(20)26-24/h5-14,16H,1,15H2,2-4H3. The Bertz CT molecular complexity index is 989. The quantitative estimate of drug-likeness (QED) is 0.369. The Kier molecular flexibility index (Phi) is 4.28. The second-order valence-electron chi connectivity index (χ2n) is 8.02. The lowest BCUT2D eigenvalue weighted by Crippen LogP contribution is -2.11. The van der Waals surface area contributed by atoms with E-state index in [4.69, 9.17) is 0 Å². The van der Waals surface area contributed by atoms with Gasteiger partial charge in [-0.1, -0.05) is 87.6 Å². The SMILES string of the molecule is C=C(c1cccc(C(C)(C)C)c1)c1ccc2c(c1)Cc1ccccc1S2. The Morgan fingerprint density at radius 1 is 0.808 bits per heavy atom. The summed E-state index contributed by atoms with van der Waals surface area (Å²) in [6.45, 7) is 11.2. The number of hydrogen-bond acceptors (Lipinski definition) is 1. The average molecular weight is 357 g/mol. The first-order valence-corrected chi connectivity index (χ1v) is 9.92. The van der Waals surface area contributed by atoms with Crippen LogP contribution in [0.4, 0.5) is 0 Å². The van der Waals surface area contributed by atoms with E-state index in [1.165, 1.54) is 37.6 Å². The predicted octanol–water partition coefficient (Wildman–Crippen LogP) is 7.10. The van der Waals surface area contributed by atoms with Gasteiger partial charge in [-0.05, 0) is 63.4 Å². The lowest BCUT2D eigenvalue weighted by Gasteiger charge is -2.21. The van der Waals surface area contributed by atoms with Gasteiger partial charge in [0, 0.05) is 9.79 Å². The van der Waals surface area contributed by atoms with E-state index < -0.39 is 0 Å². The minimum Gasteiger partial charge on any atom is -0.0906 e. The summed E-state index contributed by atoms with van der Waals surface area (Å²) in [4.78, 5) is 2.74. The monoisotopic (exact) mass is 356 g/mol. The highest BCUT2D eigenvalue weighted by Crippen LogP contribution is 2.40. The van der Waals surface area contributed by atoms with Crippen molar-refractivity contribution in [2.45, 2.75) is 42.4 Å². The lowest BCUT2D eigenvalue weighted by atomic mass is 9.85. The summed E-state index contributed by atoms with van der Waals surface area (Å²) < 4.78 is 0. The third kappa shape index (κ3) is 3.24. The third-order valence-electron chi connectivity index (χ3n) is 5.06. The highest BCUT2D eigenvalue weighted by atomic mass is 32.2. The lowest BCUT2D eigenvalue weighted by molar-refractivity contribution is 0.590. The summed E-state index contributed by atoms with van der Waals surface area (Å²) in [5, 5.41) is 0. The molecule has 4 rings (SSSR count). The van der Waals surface area contributed by atoms with Crippen LogP contribution in [0.25, 0.3) is 5.57 Å². The van der Waals surface area contributed by atoms with Gasteiger partial charge in [-0.25, -0.2) is 0 Å². The van der Waals surface area contributed by atoms with Crippen molar-refractivity contribution in [1.29, 1.82) is 0 Å². The van der Waals surface area contributed by atoms with Crippen LogP contribution in [-0.4, -0.2) is 0 Å². The number of benzene rings is 3. The molecule has 0 aromatic heterocycles. The van der Waals surface area contributed by atoms with E-state index in [1.807, 2.05) is 11.8 Å². The minimum atomic E-state index is 0.145. The van der Waals surface area contributed by atoms with Crippen LogP contribution < -0.4 is 0 Å². The van der Waals surface area contributed by atoms with Gasteiger partial charge in [0.15, 0.2) is 0 Å². The van der Waals surface area contributed by atoms with Crippen LogP contribution in [0.1, 0.15) is 48.6 Å². The maximum absolute atomic E-state index is 4.40. The highest BCUT2D eigenvalue weighted by Gasteiger charge is 2.18. The second-order valence-corrected chi connectivity index (χ2v) is 9.10. The molecular formula is C25H24S. The van der Waals surface area contributed by atoms with Crippen LogP contribution in [0, 0.1) is 0 Å². The van der Waals surface area contributed by atoms with Crippen molar-refractivity contribution in [2.24, 2.45) is 0 Å². The molecule has 130 valence electrons. The molecule has 0 atom stereocenters. The largest absolute Gasteiger partial charge is 0.0906 e. The Hall–Kier alpha value is -2.25. The van der Waals surface area contributed by atoms with Crippen molar-refractivity contribution < 1.29 is 0 Å². The summed E-state index contributed by atoms with van der Waals surface area (Å²) in [6.07, 6.45) is 1.00. The smallest absolute Gasteiger partial charge is 0.0158 e. The molecule has 0 spiro atoms. The zero-order valence-electron chi connectivity index (χ0n) is 15.7. The topological polar surface area (TPSA) is 0 Å². The van der Waals surface area contributed by atoms with Gasteiger partial charge in [-0.2, -0.15) is 0 Å². The van der Waals surface area contributed by atoms with Crippen molar-refractivity contribution in [3.8, 4) is 0 Å². The van der Waals surface area contributed by atoms with Gasteiger partial charge < -0.3 is 0 Å². The highest BCUT2D eigenvalue weighted by molar-refractivity contribution is 7.99. The first-order valence-electron chi connectivity index (χ1n) is 9.11. The van der Waals surface area contributed by atoms with E-state index in [0.29, 0.717) is 0 Å². The summed E-state index contributed by atoms with van der Waals surface area (Å²) in [6, 6.07) is 24.3. The molecule has 0 unspecified atom stereocenters. The van der Waals surface area contributed by atoms with E-state index in [0.717, 1.165) is 12.0 Å². The maximum atomic E-state index is 4.40. The molecule has 0 aliphatic carbocycles. The van der Waals surface area contributed by atoms with Gasteiger partial charge in [-0.15, -0.1) is 0 Å². The van der Waals surface area contributed by atoms with E-state index in [1.54, 1.807) is 0 Å². The molecule has 0 fully saturated rings. The minimum absolute atomic E-state index is 0.145.